The van der Waals surface area contributed by atoms with Crippen LogP contribution in [-0.2, 0) is 0 Å². The largest absolute Gasteiger partial charge is 0.506 e. The fraction of sp³-hybridized carbons (Fsp3) is 0. The monoisotopic (exact) mass is 238 g/mol. The SMILES string of the molecule is Oc1ccccc1N=C=C=Nc1ccccc1O. The van der Waals surface area contributed by atoms with E-state index in [0.717, 1.165) is 0 Å². The van der Waals surface area contributed by atoms with Crippen LogP contribution in [0.3, 0.4) is 0 Å². The van der Waals surface area contributed by atoms with Crippen LogP contribution < -0.4 is 0 Å². The molecule has 4 nitrogen and oxygen atoms in total. The zero-order valence-corrected chi connectivity index (χ0v) is 9.41. The minimum absolute atomic E-state index is 0.0642. The fourth-order valence-corrected chi connectivity index (χ4v) is 1.29. The van der Waals surface area contributed by atoms with Crippen LogP contribution >= 0.6 is 0 Å². The second kappa shape index (κ2) is 5.51. The van der Waals surface area contributed by atoms with Crippen molar-refractivity contribution >= 4 is 23.1 Å². The first-order valence-electron chi connectivity index (χ1n) is 5.25. The van der Waals surface area contributed by atoms with Crippen LogP contribution in [0.15, 0.2) is 58.5 Å². The summed E-state index contributed by atoms with van der Waals surface area (Å²) < 4.78 is 0. The molecule has 0 aliphatic heterocycles. The minimum atomic E-state index is 0.0642. The summed E-state index contributed by atoms with van der Waals surface area (Å²) in [6.45, 7) is 0. The standard InChI is InChI=1S/C14H10N2O2/c17-13-7-3-1-5-11(13)15-9-10-16-12-6-2-4-8-14(12)18/h1-8,17-18H. The van der Waals surface area contributed by atoms with Gasteiger partial charge in [-0.05, 0) is 24.3 Å². The number of benzene rings is 2. The van der Waals surface area contributed by atoms with Crippen molar-refractivity contribution in [2.24, 2.45) is 9.98 Å². The van der Waals surface area contributed by atoms with E-state index in [4.69, 9.17) is 0 Å². The molecule has 0 radical (unpaired) electrons. The summed E-state index contributed by atoms with van der Waals surface area (Å²) in [5.74, 6) is 5.04. The maximum absolute atomic E-state index is 9.44. The van der Waals surface area contributed by atoms with Crippen LogP contribution in [0.2, 0.25) is 0 Å². The molecule has 0 spiro atoms. The lowest BCUT2D eigenvalue weighted by atomic mass is 10.3. The van der Waals surface area contributed by atoms with E-state index in [1.807, 2.05) is 0 Å². The maximum Gasteiger partial charge on any atom is 0.142 e. The van der Waals surface area contributed by atoms with Gasteiger partial charge in [-0.15, -0.1) is 0 Å². The molecule has 2 N–H and O–H groups in total. The smallest absolute Gasteiger partial charge is 0.142 e. The fourth-order valence-electron chi connectivity index (χ4n) is 1.29. The van der Waals surface area contributed by atoms with Crippen LogP contribution in [-0.4, -0.2) is 22.0 Å². The number of hydrogen-bond acceptors (Lipinski definition) is 4. The van der Waals surface area contributed by atoms with Crippen molar-refractivity contribution in [3.63, 3.8) is 0 Å². The Kier molecular flexibility index (Phi) is 3.57. The maximum atomic E-state index is 9.44. The zero-order valence-electron chi connectivity index (χ0n) is 9.41. The highest BCUT2D eigenvalue weighted by atomic mass is 16.3. The molecule has 0 aliphatic rings. The van der Waals surface area contributed by atoms with E-state index in [-0.39, 0.29) is 11.5 Å². The summed E-state index contributed by atoms with van der Waals surface area (Å²) in [5.41, 5.74) is 0.773. The molecule has 0 amide bonds. The van der Waals surface area contributed by atoms with E-state index < -0.39 is 0 Å². The normalized spacial score (nSPS) is 9.11. The molecule has 18 heavy (non-hydrogen) atoms. The third-order valence-corrected chi connectivity index (χ3v) is 2.17. The lowest BCUT2D eigenvalue weighted by molar-refractivity contribution is 0.476. The Hall–Kier alpha value is -2.80. The Balaban J connectivity index is 2.27. The van der Waals surface area contributed by atoms with Crippen molar-refractivity contribution in [1.82, 2.24) is 0 Å². The lowest BCUT2D eigenvalue weighted by Gasteiger charge is -1.93. The number of phenolic OH excluding ortho intramolecular Hbond substituents is 2. The number of para-hydroxylation sites is 4. The number of aliphatic imine (C=N–C) groups is 2. The van der Waals surface area contributed by atoms with Crippen molar-refractivity contribution in [3.05, 3.63) is 48.5 Å². The highest BCUT2D eigenvalue weighted by molar-refractivity contribution is 5.91. The average Bonchev–Trinajstić information content (AvgIpc) is 2.38. The Morgan fingerprint density at radius 2 is 1.06 bits per heavy atom. The average molecular weight is 238 g/mol. The molecule has 0 saturated carbocycles. The second-order valence-corrected chi connectivity index (χ2v) is 3.42. The number of phenols is 2. The Labute approximate surface area is 104 Å². The van der Waals surface area contributed by atoms with Gasteiger partial charge in [0, 0.05) is 0 Å². The molecule has 0 unspecified atom stereocenters. The van der Waals surface area contributed by atoms with Gasteiger partial charge in [0.05, 0.1) is 11.7 Å². The van der Waals surface area contributed by atoms with E-state index in [1.165, 1.54) is 12.1 Å². The van der Waals surface area contributed by atoms with Crippen LogP contribution in [0.25, 0.3) is 0 Å². The minimum Gasteiger partial charge on any atom is -0.506 e. The predicted octanol–water partition coefficient (Wildman–Crippen LogP) is 2.96. The van der Waals surface area contributed by atoms with Gasteiger partial charge in [-0.25, -0.2) is 0 Å². The molecule has 88 valence electrons. The molecule has 0 heterocycles. The van der Waals surface area contributed by atoms with Gasteiger partial charge in [0.15, 0.2) is 0 Å². The van der Waals surface area contributed by atoms with Gasteiger partial charge < -0.3 is 10.2 Å². The molecule has 4 heteroatoms. The number of rotatable bonds is 2. The molecule has 2 rings (SSSR count). The lowest BCUT2D eigenvalue weighted by Crippen LogP contribution is -1.68. The Morgan fingerprint density at radius 1 is 0.667 bits per heavy atom. The zero-order chi connectivity index (χ0) is 12.8. The van der Waals surface area contributed by atoms with Crippen molar-refractivity contribution in [1.29, 1.82) is 0 Å². The van der Waals surface area contributed by atoms with E-state index >= 15 is 0 Å². The molecule has 2 aromatic rings. The molecular formula is C14H10N2O2. The molecule has 0 bridgehead atoms. The summed E-state index contributed by atoms with van der Waals surface area (Å²) in [7, 11) is 0. The third kappa shape index (κ3) is 2.86. The Bertz CT molecular complexity index is 595. The first-order valence-corrected chi connectivity index (χ1v) is 5.25. The van der Waals surface area contributed by atoms with Gasteiger partial charge in [-0.3, -0.25) is 0 Å². The molecule has 0 aliphatic carbocycles. The van der Waals surface area contributed by atoms with Gasteiger partial charge in [0.1, 0.15) is 22.9 Å². The molecular weight excluding hydrogens is 228 g/mol. The predicted molar refractivity (Wildman–Crippen MR) is 70.4 cm³/mol. The van der Waals surface area contributed by atoms with Crippen molar-refractivity contribution in [2.45, 2.75) is 0 Å². The first-order chi connectivity index (χ1) is 8.77. The number of nitrogens with zero attached hydrogens (tertiary/aromatic N) is 2. The summed E-state index contributed by atoms with van der Waals surface area (Å²) in [6, 6.07) is 13.2. The molecule has 2 aromatic carbocycles. The topological polar surface area (TPSA) is 65.2 Å². The number of hydrogen-bond donors (Lipinski definition) is 2. The Morgan fingerprint density at radius 3 is 1.44 bits per heavy atom. The summed E-state index contributed by atoms with van der Waals surface area (Å²) >= 11 is 0. The summed E-state index contributed by atoms with van der Waals surface area (Å²) in [4.78, 5) is 7.73. The van der Waals surface area contributed by atoms with Gasteiger partial charge in [0.2, 0.25) is 0 Å². The first kappa shape index (κ1) is 11.7. The second-order valence-electron chi connectivity index (χ2n) is 3.42. The van der Waals surface area contributed by atoms with Crippen LogP contribution in [0, 0.1) is 0 Å². The van der Waals surface area contributed by atoms with E-state index in [0.29, 0.717) is 11.4 Å². The van der Waals surface area contributed by atoms with Gasteiger partial charge in [-0.2, -0.15) is 9.98 Å². The van der Waals surface area contributed by atoms with E-state index in [1.54, 1.807) is 36.4 Å². The van der Waals surface area contributed by atoms with Crippen LogP contribution in [0.1, 0.15) is 0 Å². The quantitative estimate of drug-likeness (QED) is 0.790. The molecule has 0 atom stereocenters. The molecule has 0 saturated heterocycles. The van der Waals surface area contributed by atoms with Gasteiger partial charge >= 0.3 is 0 Å². The van der Waals surface area contributed by atoms with Gasteiger partial charge in [0.25, 0.3) is 0 Å². The van der Waals surface area contributed by atoms with E-state index in [9.17, 15) is 10.2 Å². The van der Waals surface area contributed by atoms with Crippen molar-refractivity contribution in [2.75, 3.05) is 0 Å². The van der Waals surface area contributed by atoms with Crippen LogP contribution in [0.5, 0.6) is 11.5 Å². The highest BCUT2D eigenvalue weighted by Crippen LogP contribution is 2.24. The molecule has 0 aromatic heterocycles. The van der Waals surface area contributed by atoms with Crippen molar-refractivity contribution < 1.29 is 10.2 Å². The van der Waals surface area contributed by atoms with Crippen LogP contribution in [0.4, 0.5) is 11.4 Å². The van der Waals surface area contributed by atoms with Crippen molar-refractivity contribution in [3.8, 4) is 11.5 Å². The number of aromatic hydroxyl groups is 2. The summed E-state index contributed by atoms with van der Waals surface area (Å²) in [6.07, 6.45) is 0. The molecule has 0 fully saturated rings. The highest BCUT2D eigenvalue weighted by Gasteiger charge is 1.94. The van der Waals surface area contributed by atoms with Gasteiger partial charge in [-0.1, -0.05) is 24.3 Å². The summed E-state index contributed by atoms with van der Waals surface area (Å²) in [5, 5.41) is 18.9. The third-order valence-electron chi connectivity index (χ3n) is 2.17. The van der Waals surface area contributed by atoms with E-state index in [2.05, 4.69) is 21.7 Å².